The maximum Gasteiger partial charge on any atom is 0.301 e. The molecule has 1 aromatic heterocycles. The average Bonchev–Trinajstić information content (AvgIpc) is 2.84. The highest BCUT2D eigenvalue weighted by Gasteiger charge is 2.10. The number of amides is 1. The van der Waals surface area contributed by atoms with Crippen LogP contribution >= 0.6 is 0 Å². The summed E-state index contributed by atoms with van der Waals surface area (Å²) in [5.74, 6) is 5.46. The molecule has 0 aliphatic heterocycles. The molecule has 1 heterocycles. The molecule has 0 bridgehead atoms. The van der Waals surface area contributed by atoms with Gasteiger partial charge in [-0.1, -0.05) is 11.8 Å². The molecular weight excluding hydrogens is 268 g/mol. The molecule has 5 nitrogen and oxygen atoms in total. The molecule has 0 saturated carbocycles. The van der Waals surface area contributed by atoms with Gasteiger partial charge in [-0.15, -0.1) is 0 Å². The standard InChI is InChI=1S/C16H16N2O3/c1-11-7-13(5-3-4-6-19)9-14(8-11)15(20)18-16-17-12(2)10-21-16/h7-10,19H,4,6H2,1-2H3,(H,17,18,20). The minimum absolute atomic E-state index is 0.0235. The minimum atomic E-state index is -0.300. The van der Waals surface area contributed by atoms with Crippen molar-refractivity contribution in [2.24, 2.45) is 0 Å². The van der Waals surface area contributed by atoms with Crippen molar-refractivity contribution in [1.82, 2.24) is 4.98 Å². The normalized spacial score (nSPS) is 9.86. The van der Waals surface area contributed by atoms with Gasteiger partial charge in [0, 0.05) is 17.5 Å². The number of aromatic nitrogens is 1. The lowest BCUT2D eigenvalue weighted by molar-refractivity contribution is 0.102. The molecule has 0 saturated heterocycles. The number of aliphatic hydroxyl groups excluding tert-OH is 1. The molecule has 0 radical (unpaired) electrons. The van der Waals surface area contributed by atoms with Gasteiger partial charge in [0.2, 0.25) is 0 Å². The summed E-state index contributed by atoms with van der Waals surface area (Å²) in [6.45, 7) is 3.69. The van der Waals surface area contributed by atoms with Crippen LogP contribution in [0.15, 0.2) is 28.9 Å². The van der Waals surface area contributed by atoms with E-state index in [2.05, 4.69) is 22.1 Å². The Morgan fingerprint density at radius 3 is 2.86 bits per heavy atom. The molecule has 2 rings (SSSR count). The Hall–Kier alpha value is -2.58. The van der Waals surface area contributed by atoms with Crippen molar-refractivity contribution < 1.29 is 14.3 Å². The second kappa shape index (κ2) is 6.73. The van der Waals surface area contributed by atoms with Crippen molar-refractivity contribution in [2.45, 2.75) is 20.3 Å². The Kier molecular flexibility index (Phi) is 4.75. The lowest BCUT2D eigenvalue weighted by Crippen LogP contribution is -2.12. The van der Waals surface area contributed by atoms with Gasteiger partial charge in [0.15, 0.2) is 0 Å². The van der Waals surface area contributed by atoms with Gasteiger partial charge in [-0.2, -0.15) is 4.98 Å². The van der Waals surface area contributed by atoms with Crippen LogP contribution in [0, 0.1) is 25.7 Å². The first-order valence-corrected chi connectivity index (χ1v) is 6.53. The highest BCUT2D eigenvalue weighted by molar-refractivity contribution is 6.03. The highest BCUT2D eigenvalue weighted by Crippen LogP contribution is 2.12. The van der Waals surface area contributed by atoms with Crippen LogP contribution in [0.3, 0.4) is 0 Å². The maximum absolute atomic E-state index is 12.2. The summed E-state index contributed by atoms with van der Waals surface area (Å²) in [7, 11) is 0. The van der Waals surface area contributed by atoms with E-state index in [4.69, 9.17) is 9.52 Å². The number of aryl methyl sites for hydroxylation is 2. The number of carbonyl (C=O) groups excluding carboxylic acids is 1. The molecule has 5 heteroatoms. The van der Waals surface area contributed by atoms with E-state index in [1.54, 1.807) is 19.1 Å². The van der Waals surface area contributed by atoms with Crippen molar-refractivity contribution in [1.29, 1.82) is 0 Å². The molecule has 2 N–H and O–H groups in total. The summed E-state index contributed by atoms with van der Waals surface area (Å²) in [5.41, 5.74) is 2.85. The molecule has 0 atom stereocenters. The summed E-state index contributed by atoms with van der Waals surface area (Å²) in [6, 6.07) is 5.52. The zero-order valence-corrected chi connectivity index (χ0v) is 11.9. The largest absolute Gasteiger partial charge is 0.432 e. The van der Waals surface area contributed by atoms with Crippen LogP contribution in [-0.4, -0.2) is 22.6 Å². The topological polar surface area (TPSA) is 75.4 Å². The summed E-state index contributed by atoms with van der Waals surface area (Å²) in [6.07, 6.45) is 1.88. The fourth-order valence-corrected chi connectivity index (χ4v) is 1.79. The van der Waals surface area contributed by atoms with Crippen LogP contribution in [-0.2, 0) is 0 Å². The van der Waals surface area contributed by atoms with Crippen molar-refractivity contribution in [3.8, 4) is 11.8 Å². The molecule has 0 unspecified atom stereocenters. The van der Waals surface area contributed by atoms with Gasteiger partial charge in [-0.05, 0) is 37.6 Å². The van der Waals surface area contributed by atoms with E-state index in [0.29, 0.717) is 17.7 Å². The van der Waals surface area contributed by atoms with Crippen LogP contribution < -0.4 is 5.32 Å². The Morgan fingerprint density at radius 1 is 1.38 bits per heavy atom. The number of rotatable bonds is 3. The lowest BCUT2D eigenvalue weighted by atomic mass is 10.1. The third-order valence-corrected chi connectivity index (χ3v) is 2.65. The molecule has 1 amide bonds. The first-order valence-electron chi connectivity index (χ1n) is 6.53. The molecule has 2 aromatic rings. The number of nitrogens with zero attached hydrogens (tertiary/aromatic N) is 1. The fraction of sp³-hybridized carbons (Fsp3) is 0.250. The first-order chi connectivity index (χ1) is 10.1. The number of hydrogen-bond donors (Lipinski definition) is 2. The fourth-order valence-electron chi connectivity index (χ4n) is 1.79. The number of oxazole rings is 1. The van der Waals surface area contributed by atoms with E-state index in [-0.39, 0.29) is 18.5 Å². The zero-order chi connectivity index (χ0) is 15.2. The van der Waals surface area contributed by atoms with Crippen LogP contribution in [0.1, 0.15) is 33.6 Å². The highest BCUT2D eigenvalue weighted by atomic mass is 16.4. The summed E-state index contributed by atoms with van der Waals surface area (Å²) < 4.78 is 5.10. The van der Waals surface area contributed by atoms with E-state index in [1.165, 1.54) is 6.26 Å². The molecule has 0 aliphatic carbocycles. The maximum atomic E-state index is 12.2. The number of benzene rings is 1. The van der Waals surface area contributed by atoms with Gasteiger partial charge in [-0.25, -0.2) is 0 Å². The summed E-state index contributed by atoms with van der Waals surface area (Å²) in [4.78, 5) is 16.2. The van der Waals surface area contributed by atoms with Crippen molar-refractivity contribution in [3.05, 3.63) is 46.8 Å². The van der Waals surface area contributed by atoms with E-state index >= 15 is 0 Å². The molecule has 21 heavy (non-hydrogen) atoms. The Labute approximate surface area is 123 Å². The Bertz CT molecular complexity index is 708. The monoisotopic (exact) mass is 284 g/mol. The van der Waals surface area contributed by atoms with Gasteiger partial charge < -0.3 is 9.52 Å². The predicted octanol–water partition coefficient (Wildman–Crippen LogP) is 2.28. The van der Waals surface area contributed by atoms with Crippen LogP contribution in [0.4, 0.5) is 6.01 Å². The second-order valence-corrected chi connectivity index (χ2v) is 4.61. The van der Waals surface area contributed by atoms with Gasteiger partial charge in [-0.3, -0.25) is 10.1 Å². The average molecular weight is 284 g/mol. The van der Waals surface area contributed by atoms with E-state index < -0.39 is 0 Å². The molecule has 0 aliphatic rings. The second-order valence-electron chi connectivity index (χ2n) is 4.61. The minimum Gasteiger partial charge on any atom is -0.432 e. The quantitative estimate of drug-likeness (QED) is 0.848. The number of nitrogens with one attached hydrogen (secondary N) is 1. The van der Waals surface area contributed by atoms with E-state index in [9.17, 15) is 4.79 Å². The molecule has 0 spiro atoms. The number of aliphatic hydroxyl groups is 1. The van der Waals surface area contributed by atoms with E-state index in [0.717, 1.165) is 11.1 Å². The number of carbonyl (C=O) groups is 1. The molecule has 108 valence electrons. The number of hydrogen-bond acceptors (Lipinski definition) is 4. The molecule has 0 fully saturated rings. The van der Waals surface area contributed by atoms with Gasteiger partial charge in [0.25, 0.3) is 5.91 Å². The predicted molar refractivity (Wildman–Crippen MR) is 79.0 cm³/mol. The van der Waals surface area contributed by atoms with Crippen LogP contribution in [0.25, 0.3) is 0 Å². The number of anilines is 1. The summed E-state index contributed by atoms with van der Waals surface area (Å²) >= 11 is 0. The van der Waals surface area contributed by atoms with Crippen molar-refractivity contribution in [3.63, 3.8) is 0 Å². The van der Waals surface area contributed by atoms with Crippen LogP contribution in [0.2, 0.25) is 0 Å². The van der Waals surface area contributed by atoms with Gasteiger partial charge in [0.1, 0.15) is 6.26 Å². The molecular formula is C16H16N2O3. The SMILES string of the molecule is Cc1cc(C#CCCO)cc(C(=O)Nc2nc(C)co2)c1. The first kappa shape index (κ1) is 14.8. The van der Waals surface area contributed by atoms with Gasteiger partial charge >= 0.3 is 6.01 Å². The Balaban J connectivity index is 2.19. The third-order valence-electron chi connectivity index (χ3n) is 2.65. The molecule has 1 aromatic carbocycles. The summed E-state index contributed by atoms with van der Waals surface area (Å²) in [5, 5.41) is 11.3. The smallest absolute Gasteiger partial charge is 0.301 e. The van der Waals surface area contributed by atoms with E-state index in [1.807, 2.05) is 13.0 Å². The van der Waals surface area contributed by atoms with Crippen molar-refractivity contribution >= 4 is 11.9 Å². The van der Waals surface area contributed by atoms with Crippen LogP contribution in [0.5, 0.6) is 0 Å². The lowest BCUT2D eigenvalue weighted by Gasteiger charge is -2.03. The van der Waals surface area contributed by atoms with Gasteiger partial charge in [0.05, 0.1) is 12.3 Å². The zero-order valence-electron chi connectivity index (χ0n) is 11.9. The van der Waals surface area contributed by atoms with Crippen molar-refractivity contribution in [2.75, 3.05) is 11.9 Å². The Morgan fingerprint density at radius 2 is 2.19 bits per heavy atom. The third kappa shape index (κ3) is 4.20.